The van der Waals surface area contributed by atoms with E-state index in [0.29, 0.717) is 11.4 Å². The molecule has 3 N–H and O–H groups in total. The predicted molar refractivity (Wildman–Crippen MR) is 63.2 cm³/mol. The first kappa shape index (κ1) is 11.7. The standard InChI is InChI=1S/C10H9BrN2O4/c11-5-1-2-6-8(3-5)17-4-7(9(14)12-6)13-10(15)16/h1-3,7,13H,4H2,(H,12,14)(H,15,16). The van der Waals surface area contributed by atoms with Gasteiger partial charge in [0.2, 0.25) is 0 Å². The van der Waals surface area contributed by atoms with Crippen LogP contribution >= 0.6 is 15.9 Å². The van der Waals surface area contributed by atoms with Gasteiger partial charge in [0.15, 0.2) is 0 Å². The second-order valence-corrected chi connectivity index (χ2v) is 4.36. The summed E-state index contributed by atoms with van der Waals surface area (Å²) in [4.78, 5) is 22.2. The zero-order valence-electron chi connectivity index (χ0n) is 8.57. The van der Waals surface area contributed by atoms with Crippen molar-refractivity contribution in [3.05, 3.63) is 22.7 Å². The average molecular weight is 301 g/mol. The molecule has 1 unspecified atom stereocenters. The molecular formula is C10H9BrN2O4. The van der Waals surface area contributed by atoms with Crippen LogP contribution in [0.5, 0.6) is 5.75 Å². The Morgan fingerprint density at radius 3 is 3.06 bits per heavy atom. The van der Waals surface area contributed by atoms with Crippen LogP contribution < -0.4 is 15.4 Å². The van der Waals surface area contributed by atoms with E-state index in [-0.39, 0.29) is 6.61 Å². The molecule has 1 aliphatic rings. The SMILES string of the molecule is O=C(O)NC1COc2cc(Br)ccc2NC1=O. The van der Waals surface area contributed by atoms with Crippen molar-refractivity contribution >= 4 is 33.6 Å². The fraction of sp³-hybridized carbons (Fsp3) is 0.200. The lowest BCUT2D eigenvalue weighted by molar-refractivity contribution is -0.118. The highest BCUT2D eigenvalue weighted by molar-refractivity contribution is 9.10. The molecule has 0 fully saturated rings. The van der Waals surface area contributed by atoms with Crippen LogP contribution in [0.25, 0.3) is 0 Å². The third-order valence-corrected chi connectivity index (χ3v) is 2.71. The van der Waals surface area contributed by atoms with Crippen molar-refractivity contribution < 1.29 is 19.4 Å². The van der Waals surface area contributed by atoms with Gasteiger partial charge in [-0.25, -0.2) is 4.79 Å². The molecule has 0 bridgehead atoms. The lowest BCUT2D eigenvalue weighted by Gasteiger charge is -2.11. The van der Waals surface area contributed by atoms with E-state index >= 15 is 0 Å². The van der Waals surface area contributed by atoms with Crippen LogP contribution in [-0.2, 0) is 4.79 Å². The Morgan fingerprint density at radius 2 is 2.35 bits per heavy atom. The Hall–Kier alpha value is -1.76. The van der Waals surface area contributed by atoms with Crippen LogP contribution in [-0.4, -0.2) is 29.8 Å². The first-order chi connectivity index (χ1) is 8.06. The number of amides is 2. The van der Waals surface area contributed by atoms with Gasteiger partial charge in [0.25, 0.3) is 5.91 Å². The topological polar surface area (TPSA) is 87.7 Å². The zero-order chi connectivity index (χ0) is 12.4. The number of carbonyl (C=O) groups excluding carboxylic acids is 1. The third kappa shape index (κ3) is 2.68. The highest BCUT2D eigenvalue weighted by atomic mass is 79.9. The van der Waals surface area contributed by atoms with Crippen molar-refractivity contribution in [3.63, 3.8) is 0 Å². The minimum absolute atomic E-state index is 0.0401. The van der Waals surface area contributed by atoms with E-state index in [4.69, 9.17) is 9.84 Å². The maximum absolute atomic E-state index is 11.7. The molecule has 2 amide bonds. The molecule has 90 valence electrons. The highest BCUT2D eigenvalue weighted by Gasteiger charge is 2.26. The van der Waals surface area contributed by atoms with Gasteiger partial charge in [0.05, 0.1) is 5.69 Å². The summed E-state index contributed by atoms with van der Waals surface area (Å²) in [6, 6.07) is 4.23. The molecule has 17 heavy (non-hydrogen) atoms. The summed E-state index contributed by atoms with van der Waals surface area (Å²) in [6.07, 6.45) is -1.26. The van der Waals surface area contributed by atoms with E-state index in [1.165, 1.54) is 0 Å². The van der Waals surface area contributed by atoms with E-state index in [2.05, 4.69) is 26.6 Å². The van der Waals surface area contributed by atoms with Crippen LogP contribution in [0.2, 0.25) is 0 Å². The number of fused-ring (bicyclic) bond motifs is 1. The molecule has 1 aromatic rings. The van der Waals surface area contributed by atoms with Crippen molar-refractivity contribution in [2.75, 3.05) is 11.9 Å². The second-order valence-electron chi connectivity index (χ2n) is 3.44. The van der Waals surface area contributed by atoms with E-state index in [1.54, 1.807) is 18.2 Å². The quantitative estimate of drug-likeness (QED) is 0.732. The lowest BCUT2D eigenvalue weighted by atomic mass is 10.3. The van der Waals surface area contributed by atoms with Gasteiger partial charge < -0.3 is 20.5 Å². The normalized spacial score (nSPS) is 18.4. The maximum atomic E-state index is 11.7. The summed E-state index contributed by atoms with van der Waals surface area (Å²) in [7, 11) is 0. The monoisotopic (exact) mass is 300 g/mol. The summed E-state index contributed by atoms with van der Waals surface area (Å²) in [5.74, 6) is 0.0656. The molecule has 0 spiro atoms. The van der Waals surface area contributed by atoms with Crippen molar-refractivity contribution in [1.29, 1.82) is 0 Å². The first-order valence-corrected chi connectivity index (χ1v) is 5.58. The summed E-state index contributed by atoms with van der Waals surface area (Å²) in [5, 5.41) is 13.3. The molecule has 1 atom stereocenters. The van der Waals surface area contributed by atoms with Crippen molar-refractivity contribution in [2.24, 2.45) is 0 Å². The lowest BCUT2D eigenvalue weighted by Crippen LogP contribution is -2.45. The van der Waals surface area contributed by atoms with Crippen LogP contribution in [0.4, 0.5) is 10.5 Å². The summed E-state index contributed by atoms with van der Waals surface area (Å²) < 4.78 is 6.19. The molecule has 0 saturated carbocycles. The average Bonchev–Trinajstić information content (AvgIpc) is 2.39. The van der Waals surface area contributed by atoms with Crippen molar-refractivity contribution in [3.8, 4) is 5.75 Å². The molecular weight excluding hydrogens is 292 g/mol. The largest absolute Gasteiger partial charge is 0.489 e. The number of ether oxygens (including phenoxy) is 1. The molecule has 0 saturated heterocycles. The number of nitrogens with one attached hydrogen (secondary N) is 2. The highest BCUT2D eigenvalue weighted by Crippen LogP contribution is 2.30. The van der Waals surface area contributed by atoms with Gasteiger partial charge in [-0.15, -0.1) is 0 Å². The van der Waals surface area contributed by atoms with Gasteiger partial charge in [-0.05, 0) is 18.2 Å². The van der Waals surface area contributed by atoms with E-state index < -0.39 is 18.0 Å². The van der Waals surface area contributed by atoms with Crippen LogP contribution in [0, 0.1) is 0 Å². The Labute approximate surface area is 105 Å². The van der Waals surface area contributed by atoms with Gasteiger partial charge >= 0.3 is 6.09 Å². The smallest absolute Gasteiger partial charge is 0.405 e. The Morgan fingerprint density at radius 1 is 1.59 bits per heavy atom. The van der Waals surface area contributed by atoms with Gasteiger partial charge in [-0.2, -0.15) is 0 Å². The fourth-order valence-corrected chi connectivity index (χ4v) is 1.78. The number of hydrogen-bond acceptors (Lipinski definition) is 3. The minimum atomic E-state index is -1.26. The molecule has 0 radical (unpaired) electrons. The molecule has 1 heterocycles. The van der Waals surface area contributed by atoms with E-state index in [1.807, 2.05) is 0 Å². The number of anilines is 1. The van der Waals surface area contributed by atoms with Crippen molar-refractivity contribution in [1.82, 2.24) is 5.32 Å². The van der Waals surface area contributed by atoms with Crippen LogP contribution in [0.3, 0.4) is 0 Å². The van der Waals surface area contributed by atoms with Gasteiger partial charge in [0.1, 0.15) is 18.4 Å². The molecule has 2 rings (SSSR count). The molecule has 7 heteroatoms. The number of benzene rings is 1. The molecule has 6 nitrogen and oxygen atoms in total. The number of hydrogen-bond donors (Lipinski definition) is 3. The number of carbonyl (C=O) groups is 2. The zero-order valence-corrected chi connectivity index (χ0v) is 10.2. The maximum Gasteiger partial charge on any atom is 0.405 e. The predicted octanol–water partition coefficient (Wildman–Crippen LogP) is 1.42. The molecule has 0 aromatic heterocycles. The molecule has 1 aliphatic heterocycles. The fourth-order valence-electron chi connectivity index (χ4n) is 1.44. The third-order valence-electron chi connectivity index (χ3n) is 2.22. The summed E-state index contributed by atoms with van der Waals surface area (Å²) in [5.41, 5.74) is 0.521. The van der Waals surface area contributed by atoms with Crippen LogP contribution in [0.15, 0.2) is 22.7 Å². The van der Waals surface area contributed by atoms with Gasteiger partial charge in [-0.3, -0.25) is 4.79 Å². The number of halogens is 1. The first-order valence-electron chi connectivity index (χ1n) is 4.79. The Balaban J connectivity index is 2.22. The van der Waals surface area contributed by atoms with Gasteiger partial charge in [0, 0.05) is 4.47 Å². The number of carboxylic acid groups (broad SMARTS) is 1. The van der Waals surface area contributed by atoms with E-state index in [9.17, 15) is 9.59 Å². The number of rotatable bonds is 1. The minimum Gasteiger partial charge on any atom is -0.489 e. The summed E-state index contributed by atoms with van der Waals surface area (Å²) in [6.45, 7) is -0.0401. The van der Waals surface area contributed by atoms with E-state index in [0.717, 1.165) is 4.47 Å². The molecule has 0 aliphatic carbocycles. The summed E-state index contributed by atoms with van der Waals surface area (Å²) >= 11 is 3.28. The van der Waals surface area contributed by atoms with Gasteiger partial charge in [-0.1, -0.05) is 15.9 Å². The second kappa shape index (κ2) is 4.62. The van der Waals surface area contributed by atoms with Crippen molar-refractivity contribution in [2.45, 2.75) is 6.04 Å². The Kier molecular flexibility index (Phi) is 3.19. The van der Waals surface area contributed by atoms with Crippen LogP contribution in [0.1, 0.15) is 0 Å². The Bertz CT molecular complexity index is 477. The molecule has 1 aromatic carbocycles.